The Morgan fingerprint density at radius 3 is 2.55 bits per heavy atom. The molecule has 0 aliphatic rings. The summed E-state index contributed by atoms with van der Waals surface area (Å²) in [6.45, 7) is 10.4. The summed E-state index contributed by atoms with van der Waals surface area (Å²) >= 11 is 0. The van der Waals surface area contributed by atoms with Gasteiger partial charge >= 0.3 is 0 Å². The van der Waals surface area contributed by atoms with Crippen LogP contribution in [0.1, 0.15) is 38.7 Å². The molecule has 2 N–H and O–H groups in total. The molecule has 0 aromatic heterocycles. The molecule has 1 aromatic carbocycles. The summed E-state index contributed by atoms with van der Waals surface area (Å²) in [6.07, 6.45) is 8.87. The number of nitrogens with one attached hydrogen (secondary N) is 1. The van der Waals surface area contributed by atoms with Gasteiger partial charge in [0, 0.05) is 7.11 Å². The Kier molecular flexibility index (Phi) is 13.6. The smallest absolute Gasteiger partial charge is 0.0319 e. The maximum atomic E-state index is 7.00. The summed E-state index contributed by atoms with van der Waals surface area (Å²) in [5, 5.41) is 10.6. The number of aryl methyl sites for hydroxylation is 1. The second-order valence-corrected chi connectivity index (χ2v) is 5.50. The van der Waals surface area contributed by atoms with E-state index >= 15 is 0 Å². The van der Waals surface area contributed by atoms with Crippen LogP contribution in [0.15, 0.2) is 54.6 Å². The van der Waals surface area contributed by atoms with Gasteiger partial charge in [0.1, 0.15) is 0 Å². The van der Waals surface area contributed by atoms with E-state index in [-0.39, 0.29) is 0 Å². The number of aliphatic hydroxyl groups is 1. The third kappa shape index (κ3) is 10.4. The second kappa shape index (κ2) is 14.6. The van der Waals surface area contributed by atoms with Crippen LogP contribution in [0.4, 0.5) is 0 Å². The number of aliphatic hydroxyl groups excluding tert-OH is 1. The van der Waals surface area contributed by atoms with Crippen molar-refractivity contribution in [2.45, 2.75) is 39.5 Å². The predicted molar refractivity (Wildman–Crippen MR) is 98.1 cm³/mol. The van der Waals surface area contributed by atoms with Crippen LogP contribution in [0, 0.1) is 5.92 Å². The fraction of sp³-hybridized carbons (Fsp3) is 0.500. The third-order valence-electron chi connectivity index (χ3n) is 3.71. The predicted octanol–water partition coefficient (Wildman–Crippen LogP) is 4.37. The van der Waals surface area contributed by atoms with Crippen molar-refractivity contribution in [1.29, 1.82) is 0 Å². The van der Waals surface area contributed by atoms with Gasteiger partial charge in [-0.15, -0.1) is 0 Å². The molecule has 0 radical (unpaired) electrons. The minimum atomic E-state index is 0.732. The number of hydrogen-bond acceptors (Lipinski definition) is 2. The summed E-state index contributed by atoms with van der Waals surface area (Å²) in [7, 11) is 1.00. The van der Waals surface area contributed by atoms with Crippen LogP contribution in [0.3, 0.4) is 0 Å². The first-order valence-corrected chi connectivity index (χ1v) is 8.23. The van der Waals surface area contributed by atoms with E-state index in [0.29, 0.717) is 0 Å². The Hall–Kier alpha value is -1.38. The molecule has 0 aliphatic heterocycles. The quantitative estimate of drug-likeness (QED) is 0.497. The highest BCUT2D eigenvalue weighted by Gasteiger charge is 2.02. The molecular formula is C20H33NO. The lowest BCUT2D eigenvalue weighted by Gasteiger charge is -2.12. The average Bonchev–Trinajstić information content (AvgIpc) is 2.59. The Morgan fingerprint density at radius 1 is 1.27 bits per heavy atom. The molecule has 124 valence electrons. The molecule has 2 nitrogen and oxygen atoms in total. The summed E-state index contributed by atoms with van der Waals surface area (Å²) in [5.41, 5.74) is 2.80. The molecule has 0 fully saturated rings. The van der Waals surface area contributed by atoms with Crippen LogP contribution in [-0.4, -0.2) is 25.3 Å². The lowest BCUT2D eigenvalue weighted by Crippen LogP contribution is -2.22. The summed E-state index contributed by atoms with van der Waals surface area (Å²) in [4.78, 5) is 0. The lowest BCUT2D eigenvalue weighted by molar-refractivity contribution is 0.399. The number of benzene rings is 1. The van der Waals surface area contributed by atoms with Crippen LogP contribution >= 0.6 is 0 Å². The lowest BCUT2D eigenvalue weighted by atomic mass is 10.0. The van der Waals surface area contributed by atoms with E-state index in [1.54, 1.807) is 0 Å². The third-order valence-corrected chi connectivity index (χ3v) is 3.71. The molecule has 1 unspecified atom stereocenters. The number of allylic oxidation sites excluding steroid dienone is 3. The van der Waals surface area contributed by atoms with Crippen molar-refractivity contribution < 1.29 is 5.11 Å². The van der Waals surface area contributed by atoms with Gasteiger partial charge in [-0.05, 0) is 57.2 Å². The van der Waals surface area contributed by atoms with Crippen LogP contribution in [0.5, 0.6) is 0 Å². The van der Waals surface area contributed by atoms with Crippen molar-refractivity contribution in [2.24, 2.45) is 5.92 Å². The van der Waals surface area contributed by atoms with Crippen LogP contribution < -0.4 is 5.32 Å². The molecule has 0 spiro atoms. The van der Waals surface area contributed by atoms with Gasteiger partial charge in [0.05, 0.1) is 0 Å². The van der Waals surface area contributed by atoms with Crippen molar-refractivity contribution in [2.75, 3.05) is 20.2 Å². The molecule has 0 saturated heterocycles. The zero-order valence-electron chi connectivity index (χ0n) is 14.5. The SMILES string of the molecule is C=C/C(=C\C)CCCNCC(C)CCc1ccccc1.CO. The molecule has 0 bridgehead atoms. The van der Waals surface area contributed by atoms with E-state index < -0.39 is 0 Å². The van der Waals surface area contributed by atoms with Crippen LogP contribution in [0.25, 0.3) is 0 Å². The van der Waals surface area contributed by atoms with E-state index in [0.717, 1.165) is 32.5 Å². The molecule has 1 aromatic rings. The fourth-order valence-corrected chi connectivity index (χ4v) is 2.29. The van der Waals surface area contributed by atoms with Gasteiger partial charge in [0.25, 0.3) is 0 Å². The van der Waals surface area contributed by atoms with Gasteiger partial charge < -0.3 is 10.4 Å². The Balaban J connectivity index is 0.00000211. The maximum Gasteiger partial charge on any atom is 0.0319 e. The first-order valence-electron chi connectivity index (χ1n) is 8.23. The fourth-order valence-electron chi connectivity index (χ4n) is 2.29. The summed E-state index contributed by atoms with van der Waals surface area (Å²) < 4.78 is 0. The van der Waals surface area contributed by atoms with Gasteiger partial charge in [-0.2, -0.15) is 0 Å². The molecule has 22 heavy (non-hydrogen) atoms. The molecule has 2 heteroatoms. The van der Waals surface area contributed by atoms with E-state index in [1.165, 1.54) is 30.4 Å². The van der Waals surface area contributed by atoms with Gasteiger partial charge in [0.15, 0.2) is 0 Å². The largest absolute Gasteiger partial charge is 0.400 e. The Morgan fingerprint density at radius 2 is 1.95 bits per heavy atom. The molecule has 0 heterocycles. The Labute approximate surface area is 137 Å². The Bertz CT molecular complexity index is 397. The zero-order valence-corrected chi connectivity index (χ0v) is 14.5. The maximum absolute atomic E-state index is 7.00. The van der Waals surface area contributed by atoms with Gasteiger partial charge in [-0.25, -0.2) is 0 Å². The van der Waals surface area contributed by atoms with Gasteiger partial charge in [0.2, 0.25) is 0 Å². The van der Waals surface area contributed by atoms with Crippen molar-refractivity contribution in [1.82, 2.24) is 5.32 Å². The van der Waals surface area contributed by atoms with Gasteiger partial charge in [-0.1, -0.05) is 61.6 Å². The van der Waals surface area contributed by atoms with E-state index in [9.17, 15) is 0 Å². The number of rotatable bonds is 10. The minimum Gasteiger partial charge on any atom is -0.400 e. The van der Waals surface area contributed by atoms with Crippen molar-refractivity contribution in [3.8, 4) is 0 Å². The molecule has 0 saturated carbocycles. The zero-order chi connectivity index (χ0) is 16.6. The monoisotopic (exact) mass is 303 g/mol. The van der Waals surface area contributed by atoms with Crippen LogP contribution in [-0.2, 0) is 6.42 Å². The van der Waals surface area contributed by atoms with Crippen molar-refractivity contribution >= 4 is 0 Å². The highest BCUT2D eigenvalue weighted by Crippen LogP contribution is 2.09. The second-order valence-electron chi connectivity index (χ2n) is 5.50. The minimum absolute atomic E-state index is 0.732. The molecule has 0 amide bonds. The van der Waals surface area contributed by atoms with Crippen molar-refractivity contribution in [3.05, 3.63) is 60.2 Å². The topological polar surface area (TPSA) is 32.3 Å². The molecule has 0 aliphatic carbocycles. The van der Waals surface area contributed by atoms with Gasteiger partial charge in [-0.3, -0.25) is 0 Å². The molecule has 1 atom stereocenters. The highest BCUT2D eigenvalue weighted by molar-refractivity contribution is 5.15. The highest BCUT2D eigenvalue weighted by atomic mass is 16.2. The standard InChI is InChI=1S/C19H29N.CH4O/c1-4-18(5-2)12-9-15-20-16-17(3)13-14-19-10-7-6-8-11-19;1-2/h4-8,10-11,17,20H,1,9,12-16H2,2-3H3;2H,1H3/b18-5+;. The van der Waals surface area contributed by atoms with Crippen LogP contribution in [0.2, 0.25) is 0 Å². The van der Waals surface area contributed by atoms with E-state index in [2.05, 4.69) is 62.2 Å². The summed E-state index contributed by atoms with van der Waals surface area (Å²) in [5.74, 6) is 0.732. The molecular weight excluding hydrogens is 270 g/mol. The average molecular weight is 303 g/mol. The van der Waals surface area contributed by atoms with E-state index in [4.69, 9.17) is 5.11 Å². The van der Waals surface area contributed by atoms with Crippen molar-refractivity contribution in [3.63, 3.8) is 0 Å². The first-order chi connectivity index (χ1) is 10.8. The normalized spacial score (nSPS) is 12.3. The first kappa shape index (κ1) is 20.6. The molecule has 1 rings (SSSR count). The van der Waals surface area contributed by atoms with E-state index in [1.807, 2.05) is 6.08 Å². The number of hydrogen-bond donors (Lipinski definition) is 2. The summed E-state index contributed by atoms with van der Waals surface area (Å²) in [6, 6.07) is 10.8.